The number of aryl methyl sites for hydroxylation is 2. The molecule has 0 spiro atoms. The average molecular weight is 246 g/mol. The lowest BCUT2D eigenvalue weighted by atomic mass is 10.0. The SMILES string of the molecule is Cc1ccc(N2CCCCNC(C)(C)C2)cc1C. The van der Waals surface area contributed by atoms with E-state index in [2.05, 4.69) is 56.1 Å². The lowest BCUT2D eigenvalue weighted by Crippen LogP contribution is -2.51. The zero-order valence-corrected chi connectivity index (χ0v) is 12.2. The van der Waals surface area contributed by atoms with Gasteiger partial charge in [-0.25, -0.2) is 0 Å². The molecule has 0 bridgehead atoms. The average Bonchev–Trinajstić information content (AvgIpc) is 2.28. The molecule has 1 aromatic carbocycles. The minimum Gasteiger partial charge on any atom is -0.370 e. The van der Waals surface area contributed by atoms with Crippen molar-refractivity contribution in [3.05, 3.63) is 29.3 Å². The molecule has 0 saturated carbocycles. The Balaban J connectivity index is 2.20. The van der Waals surface area contributed by atoms with E-state index < -0.39 is 0 Å². The van der Waals surface area contributed by atoms with E-state index in [1.165, 1.54) is 36.2 Å². The number of hydrogen-bond donors (Lipinski definition) is 1. The van der Waals surface area contributed by atoms with Crippen LogP contribution in [0, 0.1) is 13.8 Å². The van der Waals surface area contributed by atoms with Gasteiger partial charge in [0, 0.05) is 24.3 Å². The van der Waals surface area contributed by atoms with Crippen LogP contribution in [0.3, 0.4) is 0 Å². The van der Waals surface area contributed by atoms with Gasteiger partial charge in [0.25, 0.3) is 0 Å². The zero-order valence-electron chi connectivity index (χ0n) is 12.2. The number of anilines is 1. The number of nitrogens with zero attached hydrogens (tertiary/aromatic N) is 1. The third kappa shape index (κ3) is 3.26. The fourth-order valence-electron chi connectivity index (χ4n) is 2.61. The number of benzene rings is 1. The van der Waals surface area contributed by atoms with Gasteiger partial charge in [-0.05, 0) is 70.3 Å². The molecule has 1 aliphatic heterocycles. The van der Waals surface area contributed by atoms with Crippen LogP contribution in [0.1, 0.15) is 37.8 Å². The summed E-state index contributed by atoms with van der Waals surface area (Å²) in [5.41, 5.74) is 4.33. The van der Waals surface area contributed by atoms with E-state index in [0.29, 0.717) is 0 Å². The summed E-state index contributed by atoms with van der Waals surface area (Å²) in [7, 11) is 0. The molecule has 2 heteroatoms. The first-order valence-corrected chi connectivity index (χ1v) is 7.05. The predicted octanol–water partition coefficient (Wildman–Crippen LogP) is 3.27. The van der Waals surface area contributed by atoms with Crippen molar-refractivity contribution < 1.29 is 0 Å². The summed E-state index contributed by atoms with van der Waals surface area (Å²) in [5, 5.41) is 3.64. The van der Waals surface area contributed by atoms with Gasteiger partial charge in [0.1, 0.15) is 0 Å². The molecule has 0 amide bonds. The molecule has 0 radical (unpaired) electrons. The van der Waals surface area contributed by atoms with Gasteiger partial charge < -0.3 is 10.2 Å². The van der Waals surface area contributed by atoms with Gasteiger partial charge in [-0.3, -0.25) is 0 Å². The zero-order chi connectivity index (χ0) is 13.2. The molecule has 100 valence electrons. The maximum absolute atomic E-state index is 3.64. The molecule has 18 heavy (non-hydrogen) atoms. The van der Waals surface area contributed by atoms with Crippen LogP contribution in [0.5, 0.6) is 0 Å². The summed E-state index contributed by atoms with van der Waals surface area (Å²) < 4.78 is 0. The molecule has 1 saturated heterocycles. The van der Waals surface area contributed by atoms with Crippen LogP contribution in [0.25, 0.3) is 0 Å². The molecule has 0 aromatic heterocycles. The minimum absolute atomic E-state index is 0.194. The Morgan fingerprint density at radius 1 is 1.11 bits per heavy atom. The first-order chi connectivity index (χ1) is 8.48. The molecule has 1 aromatic rings. The third-order valence-electron chi connectivity index (χ3n) is 3.90. The maximum atomic E-state index is 3.64. The minimum atomic E-state index is 0.194. The Bertz CT molecular complexity index is 410. The van der Waals surface area contributed by atoms with Crippen molar-refractivity contribution in [2.45, 2.75) is 46.1 Å². The highest BCUT2D eigenvalue weighted by atomic mass is 15.2. The Morgan fingerprint density at radius 2 is 1.89 bits per heavy atom. The second-order valence-electron chi connectivity index (χ2n) is 6.21. The molecule has 0 atom stereocenters. The van der Waals surface area contributed by atoms with E-state index in [1.807, 2.05) is 0 Å². The smallest absolute Gasteiger partial charge is 0.0369 e. The summed E-state index contributed by atoms with van der Waals surface area (Å²) >= 11 is 0. The summed E-state index contributed by atoms with van der Waals surface area (Å²) in [5.74, 6) is 0. The van der Waals surface area contributed by atoms with E-state index >= 15 is 0 Å². The Hall–Kier alpha value is -1.02. The second kappa shape index (κ2) is 5.31. The second-order valence-corrected chi connectivity index (χ2v) is 6.21. The molecular formula is C16H26N2. The van der Waals surface area contributed by atoms with Crippen LogP contribution in [-0.2, 0) is 0 Å². The quantitative estimate of drug-likeness (QED) is 0.818. The number of hydrogen-bond acceptors (Lipinski definition) is 2. The molecule has 1 fully saturated rings. The highest BCUT2D eigenvalue weighted by Gasteiger charge is 2.23. The van der Waals surface area contributed by atoms with Crippen LogP contribution in [0.2, 0.25) is 0 Å². The van der Waals surface area contributed by atoms with Gasteiger partial charge >= 0.3 is 0 Å². The molecule has 0 unspecified atom stereocenters. The Kier molecular flexibility index (Phi) is 3.96. The van der Waals surface area contributed by atoms with E-state index in [9.17, 15) is 0 Å². The van der Waals surface area contributed by atoms with Crippen LogP contribution >= 0.6 is 0 Å². The first kappa shape index (κ1) is 13.4. The van der Waals surface area contributed by atoms with E-state index in [4.69, 9.17) is 0 Å². The third-order valence-corrected chi connectivity index (χ3v) is 3.90. The fourth-order valence-corrected chi connectivity index (χ4v) is 2.61. The van der Waals surface area contributed by atoms with E-state index in [-0.39, 0.29) is 5.54 Å². The van der Waals surface area contributed by atoms with E-state index in [1.54, 1.807) is 0 Å². The van der Waals surface area contributed by atoms with Crippen molar-refractivity contribution in [2.75, 3.05) is 24.5 Å². The van der Waals surface area contributed by atoms with Crippen molar-refractivity contribution in [2.24, 2.45) is 0 Å². The first-order valence-electron chi connectivity index (χ1n) is 7.05. The van der Waals surface area contributed by atoms with Crippen LogP contribution in [0.4, 0.5) is 5.69 Å². The van der Waals surface area contributed by atoms with Crippen molar-refractivity contribution in [1.82, 2.24) is 5.32 Å². The van der Waals surface area contributed by atoms with Crippen molar-refractivity contribution in [3.8, 4) is 0 Å². The monoisotopic (exact) mass is 246 g/mol. The van der Waals surface area contributed by atoms with Crippen LogP contribution < -0.4 is 10.2 Å². The summed E-state index contributed by atoms with van der Waals surface area (Å²) in [4.78, 5) is 2.53. The maximum Gasteiger partial charge on any atom is 0.0369 e. The lowest BCUT2D eigenvalue weighted by molar-refractivity contribution is 0.364. The molecule has 2 rings (SSSR count). The van der Waals surface area contributed by atoms with Crippen LogP contribution in [0.15, 0.2) is 18.2 Å². The normalized spacial score (nSPS) is 20.3. The molecule has 1 heterocycles. The molecule has 1 N–H and O–H groups in total. The van der Waals surface area contributed by atoms with Crippen molar-refractivity contribution in [3.63, 3.8) is 0 Å². The topological polar surface area (TPSA) is 15.3 Å². The van der Waals surface area contributed by atoms with Crippen molar-refractivity contribution in [1.29, 1.82) is 0 Å². The number of nitrogens with one attached hydrogen (secondary N) is 1. The summed E-state index contributed by atoms with van der Waals surface area (Å²) in [6.45, 7) is 12.4. The van der Waals surface area contributed by atoms with Gasteiger partial charge in [0.2, 0.25) is 0 Å². The molecule has 1 aliphatic rings. The van der Waals surface area contributed by atoms with Crippen molar-refractivity contribution >= 4 is 5.69 Å². The molecule has 0 aliphatic carbocycles. The Labute approximate surface area is 111 Å². The predicted molar refractivity (Wildman–Crippen MR) is 79.4 cm³/mol. The molecular weight excluding hydrogens is 220 g/mol. The van der Waals surface area contributed by atoms with Gasteiger partial charge in [-0.2, -0.15) is 0 Å². The van der Waals surface area contributed by atoms with Gasteiger partial charge in [-0.1, -0.05) is 6.07 Å². The highest BCUT2D eigenvalue weighted by Crippen LogP contribution is 2.22. The van der Waals surface area contributed by atoms with E-state index in [0.717, 1.165) is 13.1 Å². The fraction of sp³-hybridized carbons (Fsp3) is 0.625. The standard InChI is InChI=1S/C16H26N2/c1-13-7-8-15(11-14(13)2)18-10-6-5-9-17-16(3,4)12-18/h7-8,11,17H,5-6,9-10,12H2,1-4H3. The largest absolute Gasteiger partial charge is 0.370 e. The molecule has 2 nitrogen and oxygen atoms in total. The lowest BCUT2D eigenvalue weighted by Gasteiger charge is -2.37. The highest BCUT2D eigenvalue weighted by molar-refractivity contribution is 5.51. The van der Waals surface area contributed by atoms with Crippen LogP contribution in [-0.4, -0.2) is 25.2 Å². The summed E-state index contributed by atoms with van der Waals surface area (Å²) in [6, 6.07) is 6.83. The Morgan fingerprint density at radius 3 is 2.61 bits per heavy atom. The van der Waals surface area contributed by atoms with Gasteiger partial charge in [0.15, 0.2) is 0 Å². The summed E-state index contributed by atoms with van der Waals surface area (Å²) in [6.07, 6.45) is 2.54. The van der Waals surface area contributed by atoms with Gasteiger partial charge in [0.05, 0.1) is 0 Å². The number of rotatable bonds is 1. The van der Waals surface area contributed by atoms with Gasteiger partial charge in [-0.15, -0.1) is 0 Å².